The summed E-state index contributed by atoms with van der Waals surface area (Å²) in [4.78, 5) is 26.3. The van der Waals surface area contributed by atoms with E-state index in [1.807, 2.05) is 36.4 Å². The average Bonchev–Trinajstić information content (AvgIpc) is 2.70. The van der Waals surface area contributed by atoms with Gasteiger partial charge >= 0.3 is 0 Å². The third-order valence-electron chi connectivity index (χ3n) is 4.37. The van der Waals surface area contributed by atoms with Gasteiger partial charge in [0.05, 0.1) is 0 Å². The SMILES string of the molecule is CCc1ccc(OCC(=O)N(Cc2ccc(Cl)cc2)[C@@H](C)C(=O)NC)cc1. The highest BCUT2D eigenvalue weighted by atomic mass is 35.5. The molecule has 0 spiro atoms. The summed E-state index contributed by atoms with van der Waals surface area (Å²) in [7, 11) is 1.55. The summed E-state index contributed by atoms with van der Waals surface area (Å²) in [5.41, 5.74) is 2.09. The molecule has 5 nitrogen and oxygen atoms in total. The highest BCUT2D eigenvalue weighted by molar-refractivity contribution is 6.30. The molecule has 0 bridgehead atoms. The Morgan fingerprint density at radius 2 is 1.67 bits per heavy atom. The summed E-state index contributed by atoms with van der Waals surface area (Å²) in [6.45, 7) is 3.93. The molecule has 1 N–H and O–H groups in total. The largest absolute Gasteiger partial charge is 0.484 e. The van der Waals surface area contributed by atoms with Crippen LogP contribution >= 0.6 is 11.6 Å². The van der Waals surface area contributed by atoms with Crippen molar-refractivity contribution in [2.24, 2.45) is 0 Å². The fourth-order valence-electron chi connectivity index (χ4n) is 2.63. The maximum absolute atomic E-state index is 12.8. The van der Waals surface area contributed by atoms with Crippen molar-refractivity contribution in [1.82, 2.24) is 10.2 Å². The minimum Gasteiger partial charge on any atom is -0.484 e. The lowest BCUT2D eigenvalue weighted by molar-refractivity contribution is -0.142. The number of benzene rings is 2. The number of nitrogens with zero attached hydrogens (tertiary/aromatic N) is 1. The van der Waals surface area contributed by atoms with Crippen LogP contribution in [0.15, 0.2) is 48.5 Å². The number of hydrogen-bond donors (Lipinski definition) is 1. The molecule has 2 amide bonds. The molecule has 0 unspecified atom stereocenters. The van der Waals surface area contributed by atoms with Crippen molar-refractivity contribution < 1.29 is 14.3 Å². The van der Waals surface area contributed by atoms with E-state index < -0.39 is 6.04 Å². The Bertz CT molecular complexity index is 760. The van der Waals surface area contributed by atoms with Crippen molar-refractivity contribution in [3.63, 3.8) is 0 Å². The topological polar surface area (TPSA) is 58.6 Å². The minimum atomic E-state index is -0.621. The second kappa shape index (κ2) is 9.97. The molecular formula is C21H25ClN2O3. The molecule has 144 valence electrons. The standard InChI is InChI=1S/C21H25ClN2O3/c1-4-16-7-11-19(12-8-16)27-14-20(25)24(15(2)21(26)23-3)13-17-5-9-18(22)10-6-17/h5-12,15H,4,13-14H2,1-3H3,(H,23,26)/t15-/m0/s1. The summed E-state index contributed by atoms with van der Waals surface area (Å²) < 4.78 is 5.62. The zero-order valence-electron chi connectivity index (χ0n) is 15.9. The number of rotatable bonds is 8. The van der Waals surface area contributed by atoms with E-state index in [1.165, 1.54) is 10.5 Å². The molecule has 0 saturated carbocycles. The van der Waals surface area contributed by atoms with Gasteiger partial charge in [0.15, 0.2) is 6.61 Å². The van der Waals surface area contributed by atoms with Crippen LogP contribution in [0.5, 0.6) is 5.75 Å². The monoisotopic (exact) mass is 388 g/mol. The fraction of sp³-hybridized carbons (Fsp3) is 0.333. The highest BCUT2D eigenvalue weighted by Crippen LogP contribution is 2.16. The molecular weight excluding hydrogens is 364 g/mol. The minimum absolute atomic E-state index is 0.138. The average molecular weight is 389 g/mol. The van der Waals surface area contributed by atoms with Crippen molar-refractivity contribution in [3.8, 4) is 5.75 Å². The van der Waals surface area contributed by atoms with Crippen molar-refractivity contribution >= 4 is 23.4 Å². The number of carbonyl (C=O) groups is 2. The van der Waals surface area contributed by atoms with E-state index in [4.69, 9.17) is 16.3 Å². The van der Waals surface area contributed by atoms with Crippen LogP contribution in [0.2, 0.25) is 5.02 Å². The van der Waals surface area contributed by atoms with E-state index in [2.05, 4.69) is 12.2 Å². The molecule has 1 atom stereocenters. The van der Waals surface area contributed by atoms with Crippen LogP contribution in [0.3, 0.4) is 0 Å². The van der Waals surface area contributed by atoms with Crippen LogP contribution in [0, 0.1) is 0 Å². The third-order valence-corrected chi connectivity index (χ3v) is 4.63. The van der Waals surface area contributed by atoms with E-state index in [-0.39, 0.29) is 18.4 Å². The molecule has 27 heavy (non-hydrogen) atoms. The van der Waals surface area contributed by atoms with Gasteiger partial charge in [-0.15, -0.1) is 0 Å². The zero-order chi connectivity index (χ0) is 19.8. The molecule has 2 aromatic carbocycles. The first-order valence-corrected chi connectivity index (χ1v) is 9.29. The van der Waals surface area contributed by atoms with Gasteiger partial charge in [-0.3, -0.25) is 9.59 Å². The normalized spacial score (nSPS) is 11.6. The van der Waals surface area contributed by atoms with Crippen molar-refractivity contribution in [1.29, 1.82) is 0 Å². The summed E-state index contributed by atoms with van der Waals surface area (Å²) >= 11 is 5.92. The molecule has 2 rings (SSSR count). The van der Waals surface area contributed by atoms with Crippen LogP contribution in [0.4, 0.5) is 0 Å². The van der Waals surface area contributed by atoms with Crippen LogP contribution in [-0.4, -0.2) is 36.4 Å². The maximum Gasteiger partial charge on any atom is 0.261 e. The van der Waals surface area contributed by atoms with E-state index in [0.717, 1.165) is 12.0 Å². The summed E-state index contributed by atoms with van der Waals surface area (Å²) in [6.07, 6.45) is 0.942. The van der Waals surface area contributed by atoms with Gasteiger partial charge in [-0.1, -0.05) is 42.8 Å². The molecule has 0 saturated heterocycles. The van der Waals surface area contributed by atoms with Gasteiger partial charge in [0.1, 0.15) is 11.8 Å². The Hall–Kier alpha value is -2.53. The molecule has 0 aliphatic carbocycles. The zero-order valence-corrected chi connectivity index (χ0v) is 16.6. The van der Waals surface area contributed by atoms with Crippen LogP contribution in [0.1, 0.15) is 25.0 Å². The van der Waals surface area contributed by atoms with E-state index in [9.17, 15) is 9.59 Å². The summed E-state index contributed by atoms with van der Waals surface area (Å²) in [5, 5.41) is 3.21. The van der Waals surface area contributed by atoms with Gasteiger partial charge in [-0.25, -0.2) is 0 Å². The number of nitrogens with one attached hydrogen (secondary N) is 1. The Kier molecular flexibility index (Phi) is 7.67. The first-order valence-electron chi connectivity index (χ1n) is 8.91. The first kappa shape index (κ1) is 20.8. The number of ether oxygens (including phenoxy) is 1. The van der Waals surface area contributed by atoms with E-state index in [1.54, 1.807) is 26.1 Å². The third kappa shape index (κ3) is 6.00. The lowest BCUT2D eigenvalue weighted by Gasteiger charge is -2.28. The molecule has 0 fully saturated rings. The Morgan fingerprint density at radius 3 is 2.22 bits per heavy atom. The van der Waals surface area contributed by atoms with Gasteiger partial charge in [-0.2, -0.15) is 0 Å². The number of halogens is 1. The van der Waals surface area contributed by atoms with Crippen molar-refractivity contribution in [3.05, 3.63) is 64.7 Å². The second-order valence-electron chi connectivity index (χ2n) is 6.22. The molecule has 0 radical (unpaired) electrons. The van der Waals surface area contributed by atoms with Gasteiger partial charge in [0.2, 0.25) is 5.91 Å². The molecule has 6 heteroatoms. The predicted octanol–water partition coefficient (Wildman–Crippen LogP) is 3.44. The van der Waals surface area contributed by atoms with Crippen LogP contribution in [0.25, 0.3) is 0 Å². The van der Waals surface area contributed by atoms with Crippen molar-refractivity contribution in [2.45, 2.75) is 32.9 Å². The highest BCUT2D eigenvalue weighted by Gasteiger charge is 2.25. The number of likely N-dealkylation sites (N-methyl/N-ethyl adjacent to an activating group) is 1. The maximum atomic E-state index is 12.8. The van der Waals surface area contributed by atoms with Crippen LogP contribution in [-0.2, 0) is 22.6 Å². The van der Waals surface area contributed by atoms with E-state index in [0.29, 0.717) is 17.3 Å². The molecule has 0 aliphatic heterocycles. The van der Waals surface area contributed by atoms with Gasteiger partial charge in [0, 0.05) is 18.6 Å². The smallest absolute Gasteiger partial charge is 0.261 e. The van der Waals surface area contributed by atoms with Crippen LogP contribution < -0.4 is 10.1 Å². The number of hydrogen-bond acceptors (Lipinski definition) is 3. The van der Waals surface area contributed by atoms with Gasteiger partial charge < -0.3 is 15.0 Å². The molecule has 0 aromatic heterocycles. The Labute approximate surface area is 165 Å². The predicted molar refractivity (Wildman–Crippen MR) is 107 cm³/mol. The van der Waals surface area contributed by atoms with Gasteiger partial charge in [0.25, 0.3) is 5.91 Å². The quantitative estimate of drug-likeness (QED) is 0.753. The number of amides is 2. The summed E-state index contributed by atoms with van der Waals surface area (Å²) in [6, 6.07) is 14.2. The number of carbonyl (C=O) groups excluding carboxylic acids is 2. The Morgan fingerprint density at radius 1 is 1.07 bits per heavy atom. The second-order valence-corrected chi connectivity index (χ2v) is 6.66. The lowest BCUT2D eigenvalue weighted by atomic mass is 10.1. The lowest BCUT2D eigenvalue weighted by Crippen LogP contribution is -2.48. The summed E-state index contributed by atoms with van der Waals surface area (Å²) in [5.74, 6) is 0.129. The molecule has 0 aliphatic rings. The first-order chi connectivity index (χ1) is 12.9. The molecule has 0 heterocycles. The Balaban J connectivity index is 2.09. The van der Waals surface area contributed by atoms with Gasteiger partial charge in [-0.05, 0) is 48.7 Å². The number of aryl methyl sites for hydroxylation is 1. The fourth-order valence-corrected chi connectivity index (χ4v) is 2.75. The molecule has 2 aromatic rings. The van der Waals surface area contributed by atoms with Crippen molar-refractivity contribution in [2.75, 3.05) is 13.7 Å². The van der Waals surface area contributed by atoms with E-state index >= 15 is 0 Å².